The number of aromatic hydroxyl groups is 1. The molecule has 0 unspecified atom stereocenters. The van der Waals surface area contributed by atoms with Crippen molar-refractivity contribution in [3.05, 3.63) is 77.2 Å². The van der Waals surface area contributed by atoms with E-state index in [9.17, 15) is 39.9 Å². The van der Waals surface area contributed by atoms with Crippen molar-refractivity contribution in [1.82, 2.24) is 14.9 Å². The lowest BCUT2D eigenvalue weighted by molar-refractivity contribution is -0.183. The van der Waals surface area contributed by atoms with E-state index >= 15 is 0 Å². The zero-order chi connectivity index (χ0) is 30.2. The predicted molar refractivity (Wildman–Crippen MR) is 177 cm³/mol. The van der Waals surface area contributed by atoms with Gasteiger partial charge in [0.15, 0.2) is 5.75 Å². The summed E-state index contributed by atoms with van der Waals surface area (Å²) < 4.78 is 15.0. The highest BCUT2D eigenvalue weighted by Gasteiger charge is 2.57. The summed E-state index contributed by atoms with van der Waals surface area (Å²) in [6.45, 7) is -0.742. The number of phenolic OH excluding ortho intramolecular Hbond substituents is 1. The van der Waals surface area contributed by atoms with Crippen molar-refractivity contribution in [2.45, 2.75) is 36.6 Å². The molecule has 3 aromatic rings. The van der Waals surface area contributed by atoms with Crippen molar-refractivity contribution >= 4 is 96.3 Å². The van der Waals surface area contributed by atoms with Crippen molar-refractivity contribution in [1.29, 1.82) is 0 Å². The molecule has 13 nitrogen and oxygen atoms in total. The number of aromatic nitrogens is 2. The number of nitrogens with zero attached hydrogens (tertiary/aromatic N) is 1. The molecule has 1 saturated heterocycles. The van der Waals surface area contributed by atoms with E-state index in [0.29, 0.717) is 31.3 Å². The Morgan fingerprint density at radius 1 is 1.10 bits per heavy atom. The molecule has 1 aromatic heterocycles. The summed E-state index contributed by atoms with van der Waals surface area (Å²) in [6.07, 6.45) is -4.13. The number of aromatic amines is 1. The summed E-state index contributed by atoms with van der Waals surface area (Å²) in [5.74, 6) is -2.53. The molecule has 17 heteroatoms. The Labute approximate surface area is 285 Å². The number of aliphatic hydroxyl groups is 3. The first-order valence-electron chi connectivity index (χ1n) is 11.6. The summed E-state index contributed by atoms with van der Waals surface area (Å²) in [5.41, 5.74) is -1.23. The summed E-state index contributed by atoms with van der Waals surface area (Å²) in [6, 6.07) is 6.27. The fourth-order valence-corrected chi connectivity index (χ4v) is 8.08. The van der Waals surface area contributed by atoms with Crippen LogP contribution in [0.15, 0.2) is 46.1 Å². The molecule has 5 atom stereocenters. The second kappa shape index (κ2) is 13.3. The monoisotopic (exact) mass is 1020 g/mol. The number of phenols is 1. The first-order chi connectivity index (χ1) is 19.3. The molecule has 0 saturated carbocycles. The van der Waals surface area contributed by atoms with Crippen molar-refractivity contribution in [2.75, 3.05) is 6.61 Å². The van der Waals surface area contributed by atoms with E-state index in [0.717, 1.165) is 16.8 Å². The highest BCUT2D eigenvalue weighted by atomic mass is 127. The number of carboxylic acids is 1. The molecule has 4 rings (SSSR count). The van der Waals surface area contributed by atoms with Crippen LogP contribution < -0.4 is 21.3 Å². The van der Waals surface area contributed by atoms with Crippen LogP contribution in [0.4, 0.5) is 0 Å². The van der Waals surface area contributed by atoms with Crippen LogP contribution in [-0.2, 0) is 21.8 Å². The van der Waals surface area contributed by atoms with Crippen molar-refractivity contribution in [3.8, 4) is 17.2 Å². The Balaban J connectivity index is 1.68. The number of ether oxygens (including phenoxy) is 2. The minimum atomic E-state index is -2.34. The second-order valence-electron chi connectivity index (χ2n) is 8.92. The number of hydrogen-bond donors (Lipinski definition) is 7. The molecule has 7 N–H and O–H groups in total. The van der Waals surface area contributed by atoms with Crippen LogP contribution in [0.2, 0.25) is 0 Å². The second-order valence-corrected chi connectivity index (χ2v) is 13.6. The number of aliphatic carboxylic acids is 1. The number of nitrogens with one attached hydrogen (secondary N) is 2. The molecule has 0 spiro atoms. The standard InChI is InChI=1S/C24H21I4N3O10/c25-11-6-10(7-12(26)18(11)34)40-20-13(27)3-9(4-14(20)28)5-15(22(37)38)30-24(21(36)19(35)16(8-32)41-24)31-2-1-17(33)29-23(31)39/h1-4,6-7,15-16,19,21,30,32,34-36H,5,8H2,(H,37,38)(H,29,33,39)/t15-,16+,19+,21+,24-/m0/s1. The molecular formula is C24H21I4N3O10. The Morgan fingerprint density at radius 2 is 1.71 bits per heavy atom. The smallest absolute Gasteiger partial charge is 0.331 e. The predicted octanol–water partition coefficient (Wildman–Crippen LogP) is 1.46. The molecule has 220 valence electrons. The minimum Gasteiger partial charge on any atom is -0.506 e. The van der Waals surface area contributed by atoms with Gasteiger partial charge in [0.2, 0.25) is 5.85 Å². The fraction of sp³-hybridized carbons (Fsp3) is 0.292. The Bertz CT molecular complexity index is 1550. The van der Waals surface area contributed by atoms with E-state index in [2.05, 4.69) is 50.5 Å². The molecule has 2 heterocycles. The van der Waals surface area contributed by atoms with Gasteiger partial charge in [-0.25, -0.2) is 4.79 Å². The Hall–Kier alpha value is -1.09. The maximum atomic E-state index is 12.7. The highest BCUT2D eigenvalue weighted by molar-refractivity contribution is 14.1. The molecule has 0 bridgehead atoms. The maximum absolute atomic E-state index is 12.7. The van der Waals surface area contributed by atoms with Gasteiger partial charge in [-0.3, -0.25) is 24.5 Å². The number of halogens is 4. The van der Waals surface area contributed by atoms with Gasteiger partial charge in [-0.1, -0.05) is 0 Å². The van der Waals surface area contributed by atoms with Gasteiger partial charge in [0.05, 0.1) is 20.9 Å². The number of carbonyl (C=O) groups is 1. The summed E-state index contributed by atoms with van der Waals surface area (Å²) >= 11 is 8.10. The third kappa shape index (κ3) is 6.86. The van der Waals surface area contributed by atoms with E-state index in [1.165, 1.54) is 0 Å². The van der Waals surface area contributed by atoms with E-state index in [1.807, 2.05) is 50.2 Å². The molecule has 2 aromatic carbocycles. The average Bonchev–Trinajstić information content (AvgIpc) is 3.14. The molecule has 0 aliphatic carbocycles. The van der Waals surface area contributed by atoms with Crippen LogP contribution in [0.1, 0.15) is 5.56 Å². The van der Waals surface area contributed by atoms with Gasteiger partial charge in [0, 0.05) is 12.3 Å². The number of H-pyrrole nitrogens is 1. The van der Waals surface area contributed by atoms with E-state index < -0.39 is 54.0 Å². The van der Waals surface area contributed by atoms with E-state index in [-0.39, 0.29) is 12.2 Å². The van der Waals surface area contributed by atoms with E-state index in [4.69, 9.17) is 9.47 Å². The molecular weight excluding hydrogens is 998 g/mol. The average molecular weight is 1020 g/mol. The molecule has 1 aliphatic heterocycles. The van der Waals surface area contributed by atoms with Gasteiger partial charge in [-0.05, 0) is 127 Å². The lowest BCUT2D eigenvalue weighted by Gasteiger charge is -2.36. The van der Waals surface area contributed by atoms with Gasteiger partial charge >= 0.3 is 11.7 Å². The van der Waals surface area contributed by atoms with Crippen LogP contribution >= 0.6 is 90.4 Å². The molecule has 1 aliphatic rings. The number of carboxylic acid groups (broad SMARTS) is 1. The van der Waals surface area contributed by atoms with Crippen LogP contribution in [0.25, 0.3) is 0 Å². The van der Waals surface area contributed by atoms with Gasteiger partial charge in [-0.2, -0.15) is 0 Å². The lowest BCUT2D eigenvalue weighted by Crippen LogP contribution is -2.64. The number of hydrogen-bond acceptors (Lipinski definition) is 10. The molecule has 0 amide bonds. The summed E-state index contributed by atoms with van der Waals surface area (Å²) in [4.78, 5) is 38.8. The first-order valence-corrected chi connectivity index (χ1v) is 15.9. The zero-order valence-corrected chi connectivity index (χ0v) is 29.1. The van der Waals surface area contributed by atoms with Gasteiger partial charge in [0.25, 0.3) is 5.56 Å². The molecule has 0 radical (unpaired) electrons. The fourth-order valence-electron chi connectivity index (χ4n) is 4.25. The lowest BCUT2D eigenvalue weighted by atomic mass is 10.0. The van der Waals surface area contributed by atoms with Crippen LogP contribution in [-0.4, -0.2) is 72.0 Å². The SMILES string of the molecule is O=C(O)[C@H](Cc1cc(I)c(Oc2cc(I)c(O)c(I)c2)c(I)c1)N[C@@]1(n2ccc(=O)[nH]c2=O)O[C@H](CO)[C@@H](O)[C@H]1O. The van der Waals surface area contributed by atoms with Crippen molar-refractivity contribution in [3.63, 3.8) is 0 Å². The number of aliphatic hydroxyl groups excluding tert-OH is 3. The van der Waals surface area contributed by atoms with Crippen molar-refractivity contribution in [2.24, 2.45) is 0 Å². The highest BCUT2D eigenvalue weighted by Crippen LogP contribution is 2.38. The number of rotatable bonds is 9. The maximum Gasteiger partial charge on any atom is 0.331 e. The van der Waals surface area contributed by atoms with Gasteiger partial charge in [0.1, 0.15) is 35.9 Å². The first kappa shape index (κ1) is 32.8. The summed E-state index contributed by atoms with van der Waals surface area (Å²) in [7, 11) is 0. The van der Waals surface area contributed by atoms with Crippen LogP contribution in [0.5, 0.6) is 17.2 Å². The largest absolute Gasteiger partial charge is 0.506 e. The van der Waals surface area contributed by atoms with Gasteiger partial charge < -0.3 is 35.0 Å². The van der Waals surface area contributed by atoms with E-state index in [1.54, 1.807) is 24.3 Å². The molecule has 41 heavy (non-hydrogen) atoms. The third-order valence-corrected chi connectivity index (χ3v) is 9.43. The van der Waals surface area contributed by atoms with Gasteiger partial charge in [-0.15, -0.1) is 0 Å². The number of benzene rings is 2. The van der Waals surface area contributed by atoms with Crippen LogP contribution in [0.3, 0.4) is 0 Å². The molecule has 1 fully saturated rings. The Kier molecular flexibility index (Phi) is 10.6. The topological polar surface area (TPSA) is 204 Å². The Morgan fingerprint density at radius 3 is 2.22 bits per heavy atom. The minimum absolute atomic E-state index is 0.154. The zero-order valence-electron chi connectivity index (χ0n) is 20.4. The normalized spacial score (nSPS) is 23.0. The quantitative estimate of drug-likeness (QED) is 0.153. The third-order valence-electron chi connectivity index (χ3n) is 6.19. The summed E-state index contributed by atoms with van der Waals surface area (Å²) in [5, 5.41) is 53.9. The van der Waals surface area contributed by atoms with Crippen LogP contribution in [0, 0.1) is 14.3 Å². The van der Waals surface area contributed by atoms with Crippen molar-refractivity contribution < 1.29 is 39.8 Å².